The molecule has 14 heavy (non-hydrogen) atoms. The number of allylic oxidation sites excluding steroid dienone is 2. The summed E-state index contributed by atoms with van der Waals surface area (Å²) < 4.78 is 2.77. The second kappa shape index (κ2) is 5.71. The molecule has 1 aliphatic heterocycles. The Balaban J connectivity index is 2.32. The molecular formula is C12H25NSi. The number of hydrogen-bond acceptors (Lipinski definition) is 1. The minimum absolute atomic E-state index is 1.07. The van der Waals surface area contributed by atoms with Crippen LogP contribution in [0.3, 0.4) is 0 Å². The zero-order chi connectivity index (χ0) is 10.4. The van der Waals surface area contributed by atoms with Crippen molar-refractivity contribution in [3.8, 4) is 0 Å². The highest BCUT2D eigenvalue weighted by Crippen LogP contribution is 2.21. The number of unbranched alkanes of at least 4 members (excludes halogenated alkanes) is 1. The lowest BCUT2D eigenvalue weighted by Crippen LogP contribution is -2.46. The van der Waals surface area contributed by atoms with Gasteiger partial charge in [0.1, 0.15) is 8.24 Å². The molecule has 0 aromatic heterocycles. The van der Waals surface area contributed by atoms with E-state index in [0.29, 0.717) is 0 Å². The molecule has 1 nitrogen and oxygen atoms in total. The van der Waals surface area contributed by atoms with E-state index in [0.717, 1.165) is 0 Å². The Labute approximate surface area is 90.3 Å². The summed E-state index contributed by atoms with van der Waals surface area (Å²) in [5.41, 5.74) is 0. The second-order valence-electron chi connectivity index (χ2n) is 4.97. The van der Waals surface area contributed by atoms with Crippen molar-refractivity contribution >= 4 is 8.24 Å². The van der Waals surface area contributed by atoms with Crippen LogP contribution >= 0.6 is 0 Å². The molecule has 0 amide bonds. The monoisotopic (exact) mass is 211 g/mol. The van der Waals surface area contributed by atoms with E-state index >= 15 is 0 Å². The van der Waals surface area contributed by atoms with Crippen molar-refractivity contribution in [2.45, 2.75) is 51.7 Å². The van der Waals surface area contributed by atoms with E-state index in [1.54, 1.807) is 0 Å². The third-order valence-corrected chi connectivity index (χ3v) is 6.60. The molecule has 0 unspecified atom stereocenters. The first-order chi connectivity index (χ1) is 6.67. The molecule has 1 aliphatic rings. The largest absolute Gasteiger partial charge is 0.323 e. The van der Waals surface area contributed by atoms with Gasteiger partial charge in [0.15, 0.2) is 0 Å². The fourth-order valence-corrected chi connectivity index (χ4v) is 4.64. The molecule has 1 fully saturated rings. The molecule has 0 aliphatic carbocycles. The maximum Gasteiger partial charge on any atom is 0.125 e. The van der Waals surface area contributed by atoms with E-state index in [9.17, 15) is 0 Å². The van der Waals surface area contributed by atoms with Crippen LogP contribution in [-0.2, 0) is 0 Å². The van der Waals surface area contributed by atoms with Crippen LogP contribution in [0, 0.1) is 0 Å². The van der Waals surface area contributed by atoms with E-state index in [1.165, 1.54) is 44.8 Å². The van der Waals surface area contributed by atoms with Gasteiger partial charge in [0.2, 0.25) is 0 Å². The number of rotatable bonds is 5. The van der Waals surface area contributed by atoms with Crippen molar-refractivity contribution in [1.82, 2.24) is 4.57 Å². The standard InChI is InChI=1S/C12H25NSi/c1-4-5-6-9-12-14(2,3)13-10-7-8-11-13/h6,9H,4-5,7-8,10-12H2,1-3H3. The Bertz CT molecular complexity index is 181. The molecule has 82 valence electrons. The normalized spacial score (nSPS) is 19.6. The molecule has 0 radical (unpaired) electrons. The first-order valence-corrected chi connectivity index (χ1v) is 9.22. The molecule has 0 saturated carbocycles. The Hall–Kier alpha value is -0.0831. The predicted octanol–water partition coefficient (Wildman–Crippen LogP) is 3.64. The van der Waals surface area contributed by atoms with Crippen molar-refractivity contribution in [3.05, 3.63) is 12.2 Å². The highest BCUT2D eigenvalue weighted by atomic mass is 28.3. The summed E-state index contributed by atoms with van der Waals surface area (Å²) in [6, 6.07) is 1.34. The smallest absolute Gasteiger partial charge is 0.125 e. The topological polar surface area (TPSA) is 3.24 Å². The van der Waals surface area contributed by atoms with Crippen LogP contribution in [0.2, 0.25) is 19.1 Å². The lowest BCUT2D eigenvalue weighted by molar-refractivity contribution is 0.520. The van der Waals surface area contributed by atoms with Crippen LogP contribution < -0.4 is 0 Å². The minimum Gasteiger partial charge on any atom is -0.323 e. The summed E-state index contributed by atoms with van der Waals surface area (Å²) in [5, 5.41) is 0. The van der Waals surface area contributed by atoms with Crippen LogP contribution in [0.5, 0.6) is 0 Å². The Morgan fingerprint density at radius 1 is 1.14 bits per heavy atom. The SMILES string of the molecule is CCCC=CC[Si](C)(C)N1CCCC1. The molecule has 1 heterocycles. The average Bonchev–Trinajstić information content (AvgIpc) is 2.65. The van der Waals surface area contributed by atoms with E-state index in [4.69, 9.17) is 0 Å². The maximum atomic E-state index is 2.77. The van der Waals surface area contributed by atoms with Gasteiger partial charge < -0.3 is 4.57 Å². The van der Waals surface area contributed by atoms with Gasteiger partial charge in [-0.3, -0.25) is 0 Å². The Kier molecular flexibility index (Phi) is 4.89. The van der Waals surface area contributed by atoms with E-state index in [-0.39, 0.29) is 0 Å². The lowest BCUT2D eigenvalue weighted by Gasteiger charge is -2.32. The summed E-state index contributed by atoms with van der Waals surface area (Å²) in [5.74, 6) is 0. The highest BCUT2D eigenvalue weighted by Gasteiger charge is 2.29. The van der Waals surface area contributed by atoms with Gasteiger partial charge >= 0.3 is 0 Å². The highest BCUT2D eigenvalue weighted by molar-refractivity contribution is 6.75. The molecule has 0 N–H and O–H groups in total. The van der Waals surface area contributed by atoms with Crippen LogP contribution in [-0.4, -0.2) is 25.9 Å². The van der Waals surface area contributed by atoms with Crippen molar-refractivity contribution in [2.24, 2.45) is 0 Å². The predicted molar refractivity (Wildman–Crippen MR) is 67.1 cm³/mol. The quantitative estimate of drug-likeness (QED) is 0.496. The van der Waals surface area contributed by atoms with Gasteiger partial charge in [-0.05, 0) is 38.4 Å². The van der Waals surface area contributed by atoms with Gasteiger partial charge in [-0.1, -0.05) is 38.6 Å². The molecule has 2 heteroatoms. The Morgan fingerprint density at radius 3 is 2.36 bits per heavy atom. The summed E-state index contributed by atoms with van der Waals surface area (Å²) in [4.78, 5) is 0. The fourth-order valence-electron chi connectivity index (χ4n) is 2.11. The summed E-state index contributed by atoms with van der Waals surface area (Å²) in [6.45, 7) is 9.98. The molecule has 0 aromatic carbocycles. The van der Waals surface area contributed by atoms with Crippen LogP contribution in [0.1, 0.15) is 32.6 Å². The van der Waals surface area contributed by atoms with Gasteiger partial charge in [0.25, 0.3) is 0 Å². The van der Waals surface area contributed by atoms with Crippen LogP contribution in [0.15, 0.2) is 12.2 Å². The Morgan fingerprint density at radius 2 is 1.79 bits per heavy atom. The van der Waals surface area contributed by atoms with Crippen molar-refractivity contribution in [2.75, 3.05) is 13.1 Å². The second-order valence-corrected chi connectivity index (χ2v) is 9.64. The minimum atomic E-state index is -1.07. The fraction of sp³-hybridized carbons (Fsp3) is 0.833. The van der Waals surface area contributed by atoms with Crippen molar-refractivity contribution in [1.29, 1.82) is 0 Å². The van der Waals surface area contributed by atoms with Gasteiger partial charge in [-0.25, -0.2) is 0 Å². The molecule has 0 atom stereocenters. The maximum absolute atomic E-state index is 2.77. The molecular weight excluding hydrogens is 186 g/mol. The van der Waals surface area contributed by atoms with Crippen LogP contribution in [0.25, 0.3) is 0 Å². The van der Waals surface area contributed by atoms with E-state index < -0.39 is 8.24 Å². The summed E-state index contributed by atoms with van der Waals surface area (Å²) in [6.07, 6.45) is 10.2. The first-order valence-electron chi connectivity index (χ1n) is 6.07. The summed E-state index contributed by atoms with van der Waals surface area (Å²) >= 11 is 0. The van der Waals surface area contributed by atoms with E-state index in [1.807, 2.05) is 0 Å². The molecule has 1 saturated heterocycles. The van der Waals surface area contributed by atoms with Gasteiger partial charge in [0, 0.05) is 0 Å². The zero-order valence-electron chi connectivity index (χ0n) is 10.1. The number of nitrogens with zero attached hydrogens (tertiary/aromatic N) is 1. The van der Waals surface area contributed by atoms with E-state index in [2.05, 4.69) is 36.7 Å². The molecule has 0 bridgehead atoms. The molecule has 0 aromatic rings. The zero-order valence-corrected chi connectivity index (χ0v) is 11.1. The number of hydrogen-bond donors (Lipinski definition) is 0. The average molecular weight is 211 g/mol. The third kappa shape index (κ3) is 3.58. The van der Waals surface area contributed by atoms with Gasteiger partial charge in [-0.2, -0.15) is 0 Å². The third-order valence-electron chi connectivity index (χ3n) is 3.20. The van der Waals surface area contributed by atoms with Crippen molar-refractivity contribution in [3.63, 3.8) is 0 Å². The van der Waals surface area contributed by atoms with Crippen molar-refractivity contribution < 1.29 is 0 Å². The molecule has 0 spiro atoms. The van der Waals surface area contributed by atoms with Gasteiger partial charge in [-0.15, -0.1) is 0 Å². The molecule has 1 rings (SSSR count). The summed E-state index contributed by atoms with van der Waals surface area (Å²) in [7, 11) is -1.07. The first kappa shape index (κ1) is 12.0. The van der Waals surface area contributed by atoms with Crippen LogP contribution in [0.4, 0.5) is 0 Å². The van der Waals surface area contributed by atoms with Gasteiger partial charge in [0.05, 0.1) is 0 Å². The lowest BCUT2D eigenvalue weighted by atomic mass is 10.3.